The lowest BCUT2D eigenvalue weighted by molar-refractivity contribution is 0.321. The third-order valence-corrected chi connectivity index (χ3v) is 5.70. The highest BCUT2D eigenvalue weighted by molar-refractivity contribution is 5.74. The molecule has 0 radical (unpaired) electrons. The molecule has 172 valence electrons. The minimum absolute atomic E-state index is 0.204. The van der Waals surface area contributed by atoms with Crippen LogP contribution in [0.1, 0.15) is 30.5 Å². The van der Waals surface area contributed by atoms with Gasteiger partial charge in [-0.05, 0) is 53.3 Å². The second-order valence-corrected chi connectivity index (χ2v) is 7.92. The van der Waals surface area contributed by atoms with Crippen LogP contribution in [-0.4, -0.2) is 6.61 Å². The Kier molecular flexibility index (Phi) is 7.17. The van der Waals surface area contributed by atoms with Crippen LogP contribution in [0.15, 0.2) is 78.9 Å². The average molecular weight is 459 g/mol. The molecule has 0 amide bonds. The number of hydrogen-bond acceptors (Lipinski definition) is 1. The van der Waals surface area contributed by atoms with Crippen molar-refractivity contribution in [2.75, 3.05) is 6.61 Å². The van der Waals surface area contributed by atoms with Gasteiger partial charge in [0.25, 0.3) is 0 Å². The largest absolute Gasteiger partial charge is 0.491 e. The van der Waals surface area contributed by atoms with E-state index in [9.17, 15) is 13.2 Å². The molecule has 0 N–H and O–H groups in total. The van der Waals surface area contributed by atoms with Crippen molar-refractivity contribution in [3.05, 3.63) is 113 Å². The van der Waals surface area contributed by atoms with Gasteiger partial charge in [-0.25, -0.2) is 13.2 Å². The van der Waals surface area contributed by atoms with Gasteiger partial charge < -0.3 is 4.74 Å². The number of halogens is 3. The molecular formula is C30H25F3O. The van der Waals surface area contributed by atoms with E-state index in [1.54, 1.807) is 49.4 Å². The quantitative estimate of drug-likeness (QED) is 0.252. The van der Waals surface area contributed by atoms with Gasteiger partial charge in [0.15, 0.2) is 23.2 Å². The number of ether oxygens (including phenoxy) is 1. The lowest BCUT2D eigenvalue weighted by Gasteiger charge is -2.10. The molecule has 0 atom stereocenters. The summed E-state index contributed by atoms with van der Waals surface area (Å²) in [4.78, 5) is 0. The van der Waals surface area contributed by atoms with Crippen molar-refractivity contribution in [1.29, 1.82) is 0 Å². The summed E-state index contributed by atoms with van der Waals surface area (Å²) < 4.78 is 49.1. The summed E-state index contributed by atoms with van der Waals surface area (Å²) in [5, 5.41) is 0. The van der Waals surface area contributed by atoms with Crippen molar-refractivity contribution in [2.45, 2.75) is 20.3 Å². The average Bonchev–Trinajstić information content (AvgIpc) is 2.86. The molecule has 4 aromatic rings. The van der Waals surface area contributed by atoms with E-state index < -0.39 is 17.5 Å². The molecule has 4 heteroatoms. The molecule has 4 rings (SSSR count). The van der Waals surface area contributed by atoms with E-state index in [1.165, 1.54) is 6.07 Å². The first-order valence-electron chi connectivity index (χ1n) is 11.3. The minimum Gasteiger partial charge on any atom is -0.491 e. The summed E-state index contributed by atoms with van der Waals surface area (Å²) in [7, 11) is 0. The Labute approximate surface area is 198 Å². The molecule has 0 aliphatic carbocycles. The topological polar surface area (TPSA) is 9.23 Å². The second-order valence-electron chi connectivity index (χ2n) is 7.92. The Hall–Kier alpha value is -3.79. The highest BCUT2D eigenvalue weighted by Crippen LogP contribution is 2.32. The molecular weight excluding hydrogens is 433 g/mol. The second kappa shape index (κ2) is 10.4. The van der Waals surface area contributed by atoms with Gasteiger partial charge in [-0.15, -0.1) is 0 Å². The van der Waals surface area contributed by atoms with Gasteiger partial charge in [0.2, 0.25) is 0 Å². The standard InChI is InChI=1S/C30H25F3O/c1-3-20-7-12-23(13-8-20)25-16-17-26(30(33)29(25)32)24-14-9-21(10-15-24)5-6-22-11-18-28(34-4-2)27(31)19-22/h5-19H,3-4H2,1-2H3/b6-5+. The van der Waals surface area contributed by atoms with Gasteiger partial charge in [-0.3, -0.25) is 0 Å². The Bertz CT molecular complexity index is 1310. The van der Waals surface area contributed by atoms with E-state index in [0.29, 0.717) is 23.3 Å². The van der Waals surface area contributed by atoms with Gasteiger partial charge in [0.1, 0.15) is 0 Å². The molecule has 0 aliphatic rings. The zero-order chi connectivity index (χ0) is 24.1. The molecule has 0 heterocycles. The summed E-state index contributed by atoms with van der Waals surface area (Å²) in [5.74, 6) is -1.92. The maximum absolute atomic E-state index is 14.9. The molecule has 0 aromatic heterocycles. The fourth-order valence-electron chi connectivity index (χ4n) is 3.77. The fraction of sp³-hybridized carbons (Fsp3) is 0.133. The van der Waals surface area contributed by atoms with Gasteiger partial charge in [0, 0.05) is 11.1 Å². The first kappa shape index (κ1) is 23.4. The van der Waals surface area contributed by atoms with E-state index in [2.05, 4.69) is 0 Å². The van der Waals surface area contributed by atoms with Gasteiger partial charge in [-0.2, -0.15) is 0 Å². The van der Waals surface area contributed by atoms with Crippen molar-refractivity contribution >= 4 is 12.2 Å². The number of rotatable bonds is 7. The van der Waals surface area contributed by atoms with Crippen LogP contribution in [0.25, 0.3) is 34.4 Å². The summed E-state index contributed by atoms with van der Waals surface area (Å²) in [6.45, 7) is 4.25. The van der Waals surface area contributed by atoms with Crippen molar-refractivity contribution in [3.8, 4) is 28.0 Å². The van der Waals surface area contributed by atoms with E-state index in [-0.39, 0.29) is 16.9 Å². The molecule has 0 fully saturated rings. The Morgan fingerprint density at radius 2 is 1.18 bits per heavy atom. The Balaban J connectivity index is 1.54. The van der Waals surface area contributed by atoms with Crippen molar-refractivity contribution < 1.29 is 17.9 Å². The van der Waals surface area contributed by atoms with Crippen molar-refractivity contribution in [3.63, 3.8) is 0 Å². The molecule has 34 heavy (non-hydrogen) atoms. The highest BCUT2D eigenvalue weighted by atomic mass is 19.2. The number of aryl methyl sites for hydroxylation is 1. The molecule has 1 nitrogen and oxygen atoms in total. The van der Waals surface area contributed by atoms with Crippen molar-refractivity contribution in [2.24, 2.45) is 0 Å². The summed E-state index contributed by atoms with van der Waals surface area (Å²) >= 11 is 0. The molecule has 0 spiro atoms. The summed E-state index contributed by atoms with van der Waals surface area (Å²) in [6, 6.07) is 22.6. The zero-order valence-corrected chi connectivity index (χ0v) is 19.1. The van der Waals surface area contributed by atoms with Crippen LogP contribution in [0.5, 0.6) is 5.75 Å². The van der Waals surface area contributed by atoms with Crippen LogP contribution >= 0.6 is 0 Å². The van der Waals surface area contributed by atoms with Crippen LogP contribution in [0.2, 0.25) is 0 Å². The summed E-state index contributed by atoms with van der Waals surface area (Å²) in [5.41, 5.74) is 4.36. The summed E-state index contributed by atoms with van der Waals surface area (Å²) in [6.07, 6.45) is 4.50. The van der Waals surface area contributed by atoms with E-state index >= 15 is 0 Å². The molecule has 0 saturated carbocycles. The third kappa shape index (κ3) is 5.07. The molecule has 0 saturated heterocycles. The number of benzene rings is 4. The van der Waals surface area contributed by atoms with Crippen LogP contribution in [0, 0.1) is 17.5 Å². The monoisotopic (exact) mass is 458 g/mol. The van der Waals surface area contributed by atoms with Crippen molar-refractivity contribution in [1.82, 2.24) is 0 Å². The Morgan fingerprint density at radius 3 is 1.71 bits per heavy atom. The molecule has 4 aromatic carbocycles. The van der Waals surface area contributed by atoms with Crippen LogP contribution in [0.3, 0.4) is 0 Å². The zero-order valence-electron chi connectivity index (χ0n) is 19.1. The van der Waals surface area contributed by atoms with Crippen LogP contribution in [0.4, 0.5) is 13.2 Å². The van der Waals surface area contributed by atoms with Gasteiger partial charge in [0.05, 0.1) is 6.61 Å². The van der Waals surface area contributed by atoms with E-state index in [4.69, 9.17) is 4.74 Å². The van der Waals surface area contributed by atoms with E-state index in [0.717, 1.165) is 17.5 Å². The normalized spacial score (nSPS) is 11.2. The highest BCUT2D eigenvalue weighted by Gasteiger charge is 2.16. The van der Waals surface area contributed by atoms with Gasteiger partial charge >= 0.3 is 0 Å². The first-order valence-corrected chi connectivity index (χ1v) is 11.3. The predicted octanol–water partition coefficient (Wildman–Crippen LogP) is 8.57. The molecule has 0 bridgehead atoms. The predicted molar refractivity (Wildman–Crippen MR) is 133 cm³/mol. The lowest BCUT2D eigenvalue weighted by atomic mass is 9.97. The third-order valence-electron chi connectivity index (χ3n) is 5.70. The minimum atomic E-state index is -0.870. The lowest BCUT2D eigenvalue weighted by Crippen LogP contribution is -1.94. The van der Waals surface area contributed by atoms with E-state index in [1.807, 2.05) is 49.4 Å². The van der Waals surface area contributed by atoms with Crippen LogP contribution in [-0.2, 0) is 6.42 Å². The SMILES string of the molecule is CCOc1ccc(/C=C/c2ccc(-c3ccc(-c4ccc(CC)cc4)c(F)c3F)cc2)cc1F. The fourth-order valence-corrected chi connectivity index (χ4v) is 3.77. The maximum atomic E-state index is 14.9. The maximum Gasteiger partial charge on any atom is 0.167 e. The first-order chi connectivity index (χ1) is 16.5. The Morgan fingerprint density at radius 1 is 0.647 bits per heavy atom. The number of hydrogen-bond donors (Lipinski definition) is 0. The van der Waals surface area contributed by atoms with Gasteiger partial charge in [-0.1, -0.05) is 85.8 Å². The van der Waals surface area contributed by atoms with Crippen LogP contribution < -0.4 is 4.74 Å². The smallest absolute Gasteiger partial charge is 0.167 e. The molecule has 0 unspecified atom stereocenters. The molecule has 0 aliphatic heterocycles.